The number of hydrogen-bond acceptors (Lipinski definition) is 3. The molecule has 18 heavy (non-hydrogen) atoms. The van der Waals surface area contributed by atoms with Gasteiger partial charge in [-0.1, -0.05) is 12.8 Å². The first-order valence-electron chi connectivity index (χ1n) is 8.06. The van der Waals surface area contributed by atoms with Gasteiger partial charge in [0.15, 0.2) is 0 Å². The molecule has 1 saturated carbocycles. The molecule has 3 rings (SSSR count). The van der Waals surface area contributed by atoms with E-state index in [4.69, 9.17) is 5.73 Å². The van der Waals surface area contributed by atoms with Crippen LogP contribution in [-0.4, -0.2) is 54.1 Å². The molecule has 1 aliphatic carbocycles. The normalized spacial score (nSPS) is 40.2. The van der Waals surface area contributed by atoms with Crippen molar-refractivity contribution in [3.8, 4) is 0 Å². The number of nitrogens with two attached hydrogens (primary N) is 1. The molecule has 2 aliphatic heterocycles. The third-order valence-corrected chi connectivity index (χ3v) is 5.31. The summed E-state index contributed by atoms with van der Waals surface area (Å²) in [5.41, 5.74) is 6.13. The van der Waals surface area contributed by atoms with Crippen molar-refractivity contribution in [1.29, 1.82) is 0 Å². The third kappa shape index (κ3) is 2.89. The molecule has 2 N–H and O–H groups in total. The molecule has 3 nitrogen and oxygen atoms in total. The maximum absolute atomic E-state index is 6.13. The van der Waals surface area contributed by atoms with Gasteiger partial charge in [-0.3, -0.25) is 9.80 Å². The summed E-state index contributed by atoms with van der Waals surface area (Å²) in [6.45, 7) is 5.33. The number of piperidine rings is 1. The lowest BCUT2D eigenvalue weighted by Crippen LogP contribution is -2.45. The largest absolute Gasteiger partial charge is 0.328 e. The third-order valence-electron chi connectivity index (χ3n) is 5.31. The van der Waals surface area contributed by atoms with Crippen LogP contribution in [0.2, 0.25) is 0 Å². The van der Waals surface area contributed by atoms with E-state index >= 15 is 0 Å². The Bertz CT molecular complexity index is 262. The van der Waals surface area contributed by atoms with Crippen molar-refractivity contribution < 1.29 is 0 Å². The quantitative estimate of drug-likeness (QED) is 0.812. The summed E-state index contributed by atoms with van der Waals surface area (Å²) in [6.07, 6.45) is 10.9. The Morgan fingerprint density at radius 1 is 0.722 bits per heavy atom. The molecule has 0 radical (unpaired) electrons. The van der Waals surface area contributed by atoms with E-state index in [-0.39, 0.29) is 0 Å². The van der Waals surface area contributed by atoms with Crippen LogP contribution in [0.4, 0.5) is 0 Å². The van der Waals surface area contributed by atoms with Crippen molar-refractivity contribution in [3.63, 3.8) is 0 Å². The summed E-state index contributed by atoms with van der Waals surface area (Å²) in [5, 5.41) is 0. The smallest absolute Gasteiger partial charge is 0.0235 e. The van der Waals surface area contributed by atoms with Crippen LogP contribution in [0.15, 0.2) is 0 Å². The second-order valence-corrected chi connectivity index (χ2v) is 6.61. The van der Waals surface area contributed by atoms with Gasteiger partial charge < -0.3 is 5.73 Å². The molecular weight excluding hydrogens is 222 g/mol. The molecule has 3 heteroatoms. The second-order valence-electron chi connectivity index (χ2n) is 6.61. The summed E-state index contributed by atoms with van der Waals surface area (Å²) >= 11 is 0. The minimum atomic E-state index is 0.470. The molecule has 2 heterocycles. The molecule has 104 valence electrons. The summed E-state index contributed by atoms with van der Waals surface area (Å²) in [5.74, 6) is 0. The zero-order valence-corrected chi connectivity index (χ0v) is 11.7. The predicted molar refractivity (Wildman–Crippen MR) is 75.6 cm³/mol. The van der Waals surface area contributed by atoms with Gasteiger partial charge in [-0.15, -0.1) is 0 Å². The highest BCUT2D eigenvalue weighted by molar-refractivity contribution is 4.90. The van der Waals surface area contributed by atoms with Gasteiger partial charge in [0.2, 0.25) is 0 Å². The zero-order valence-electron chi connectivity index (χ0n) is 11.7. The summed E-state index contributed by atoms with van der Waals surface area (Å²) in [4.78, 5) is 5.50. The zero-order chi connectivity index (χ0) is 12.4. The highest BCUT2D eigenvalue weighted by Gasteiger charge is 2.33. The Morgan fingerprint density at radius 3 is 2.33 bits per heavy atom. The van der Waals surface area contributed by atoms with Crippen molar-refractivity contribution in [2.75, 3.05) is 26.2 Å². The average Bonchev–Trinajstić information content (AvgIpc) is 2.89. The van der Waals surface area contributed by atoms with E-state index in [0.717, 1.165) is 12.1 Å². The van der Waals surface area contributed by atoms with E-state index in [1.165, 1.54) is 77.5 Å². The molecule has 0 spiro atoms. The van der Waals surface area contributed by atoms with Crippen molar-refractivity contribution in [2.24, 2.45) is 5.73 Å². The van der Waals surface area contributed by atoms with E-state index < -0.39 is 0 Å². The van der Waals surface area contributed by atoms with Crippen LogP contribution in [0.3, 0.4) is 0 Å². The van der Waals surface area contributed by atoms with E-state index in [0.29, 0.717) is 6.04 Å². The lowest BCUT2D eigenvalue weighted by Gasteiger charge is -2.36. The number of rotatable bonds is 2. The average molecular weight is 251 g/mol. The van der Waals surface area contributed by atoms with Crippen molar-refractivity contribution in [3.05, 3.63) is 0 Å². The highest BCUT2D eigenvalue weighted by Crippen LogP contribution is 2.27. The first-order valence-corrected chi connectivity index (χ1v) is 8.06. The molecule has 2 saturated heterocycles. The Hall–Kier alpha value is -0.120. The number of likely N-dealkylation sites (tertiary alicyclic amines) is 2. The van der Waals surface area contributed by atoms with E-state index in [2.05, 4.69) is 9.80 Å². The lowest BCUT2D eigenvalue weighted by molar-refractivity contribution is 0.136. The highest BCUT2D eigenvalue weighted by atomic mass is 15.3. The Kier molecular flexibility index (Phi) is 4.22. The van der Waals surface area contributed by atoms with Gasteiger partial charge in [0.05, 0.1) is 0 Å². The Labute approximate surface area is 112 Å². The number of hydrogen-bond donors (Lipinski definition) is 1. The molecular formula is C15H29N3. The molecule has 3 atom stereocenters. The molecule has 3 unspecified atom stereocenters. The molecule has 0 bridgehead atoms. The summed E-state index contributed by atoms with van der Waals surface area (Å²) < 4.78 is 0. The molecule has 3 aliphatic rings. The van der Waals surface area contributed by atoms with Crippen LogP contribution >= 0.6 is 0 Å². The van der Waals surface area contributed by atoms with Gasteiger partial charge in [0.25, 0.3) is 0 Å². The Morgan fingerprint density at radius 2 is 1.56 bits per heavy atom. The topological polar surface area (TPSA) is 32.5 Å². The first-order chi connectivity index (χ1) is 8.83. The summed E-state index contributed by atoms with van der Waals surface area (Å²) in [6, 6.07) is 2.12. The molecule has 0 aromatic heterocycles. The fraction of sp³-hybridized carbons (Fsp3) is 1.00. The lowest BCUT2D eigenvalue weighted by atomic mass is 9.91. The van der Waals surface area contributed by atoms with Crippen LogP contribution < -0.4 is 5.73 Å². The first kappa shape index (κ1) is 12.9. The monoisotopic (exact) mass is 251 g/mol. The minimum Gasteiger partial charge on any atom is -0.328 e. The van der Waals surface area contributed by atoms with Crippen molar-refractivity contribution in [1.82, 2.24) is 9.80 Å². The van der Waals surface area contributed by atoms with Gasteiger partial charge in [-0.05, 0) is 51.6 Å². The van der Waals surface area contributed by atoms with Gasteiger partial charge in [-0.25, -0.2) is 0 Å². The summed E-state index contributed by atoms with van der Waals surface area (Å²) in [7, 11) is 0. The van der Waals surface area contributed by atoms with Crippen LogP contribution in [0.5, 0.6) is 0 Å². The second kappa shape index (κ2) is 5.89. The minimum absolute atomic E-state index is 0.470. The maximum Gasteiger partial charge on any atom is 0.0235 e. The predicted octanol–water partition coefficient (Wildman–Crippen LogP) is 1.82. The number of nitrogens with zero attached hydrogens (tertiary/aromatic N) is 2. The Balaban J connectivity index is 1.51. The van der Waals surface area contributed by atoms with Gasteiger partial charge in [0.1, 0.15) is 0 Å². The van der Waals surface area contributed by atoms with E-state index in [1.807, 2.05) is 0 Å². The van der Waals surface area contributed by atoms with Gasteiger partial charge in [0, 0.05) is 31.2 Å². The SMILES string of the molecule is NC1CCCC(N2CCC(N3CCCCC3)C2)C1. The van der Waals surface area contributed by atoms with Crippen molar-refractivity contribution in [2.45, 2.75) is 69.5 Å². The molecule has 0 aromatic carbocycles. The van der Waals surface area contributed by atoms with Crippen LogP contribution in [0, 0.1) is 0 Å². The van der Waals surface area contributed by atoms with E-state index in [1.54, 1.807) is 0 Å². The van der Waals surface area contributed by atoms with E-state index in [9.17, 15) is 0 Å². The van der Waals surface area contributed by atoms with Crippen molar-refractivity contribution >= 4 is 0 Å². The fourth-order valence-electron chi connectivity index (χ4n) is 4.21. The van der Waals surface area contributed by atoms with Crippen LogP contribution in [0.1, 0.15) is 51.4 Å². The van der Waals surface area contributed by atoms with Gasteiger partial charge >= 0.3 is 0 Å². The van der Waals surface area contributed by atoms with Crippen LogP contribution in [0.25, 0.3) is 0 Å². The van der Waals surface area contributed by atoms with Crippen LogP contribution in [-0.2, 0) is 0 Å². The molecule has 3 fully saturated rings. The molecule has 0 aromatic rings. The standard InChI is InChI=1S/C15H29N3/c16-13-5-4-6-14(11-13)18-10-7-15(12-18)17-8-2-1-3-9-17/h13-15H,1-12,16H2. The molecule has 0 amide bonds. The van der Waals surface area contributed by atoms with Gasteiger partial charge in [-0.2, -0.15) is 0 Å². The fourth-order valence-corrected chi connectivity index (χ4v) is 4.21. The maximum atomic E-state index is 6.13.